The summed E-state index contributed by atoms with van der Waals surface area (Å²) in [6, 6.07) is 20.7. The van der Waals surface area contributed by atoms with Crippen molar-refractivity contribution in [3.63, 3.8) is 0 Å². The van der Waals surface area contributed by atoms with Crippen LogP contribution in [0.3, 0.4) is 0 Å². The van der Waals surface area contributed by atoms with Crippen LogP contribution in [-0.4, -0.2) is 6.71 Å². The number of rotatable bonds is 2. The SMILES string of the molecule is CC1(C)CCC(C)(C)c2c(N3c4cc(-c5ccc6oc7ccccc7c6c5)cc5c4B(c4sc6c(c4-5)C(C)(C)CCC6(C)C)c4sc5c(c43)C(C)(C)CCC5(C)C)csc21. The Morgan fingerprint density at radius 3 is 1.83 bits per heavy atom. The number of anilines is 3. The zero-order valence-electron chi connectivity index (χ0n) is 37.7. The van der Waals surface area contributed by atoms with Gasteiger partial charge in [0.15, 0.2) is 0 Å². The fraction of sp³-hybridized carbons (Fsp3) is 0.444. The van der Waals surface area contributed by atoms with Crippen molar-refractivity contribution in [3.05, 3.63) is 91.3 Å². The van der Waals surface area contributed by atoms with Crippen LogP contribution in [0.5, 0.6) is 0 Å². The molecule has 0 saturated heterocycles. The highest BCUT2D eigenvalue weighted by atomic mass is 32.1. The Labute approximate surface area is 369 Å². The van der Waals surface area contributed by atoms with Crippen LogP contribution >= 0.6 is 34.0 Å². The van der Waals surface area contributed by atoms with Gasteiger partial charge in [0.1, 0.15) is 11.2 Å². The second kappa shape index (κ2) is 11.7. The molecule has 0 bridgehead atoms. The van der Waals surface area contributed by atoms with Gasteiger partial charge in [0.05, 0.1) is 11.4 Å². The lowest BCUT2D eigenvalue weighted by atomic mass is 9.42. The van der Waals surface area contributed by atoms with E-state index in [4.69, 9.17) is 4.42 Å². The van der Waals surface area contributed by atoms with E-state index < -0.39 is 0 Å². The van der Waals surface area contributed by atoms with Gasteiger partial charge in [0.25, 0.3) is 6.71 Å². The van der Waals surface area contributed by atoms with Crippen molar-refractivity contribution >= 4 is 94.7 Å². The van der Waals surface area contributed by atoms with Gasteiger partial charge >= 0.3 is 0 Å². The summed E-state index contributed by atoms with van der Waals surface area (Å²) in [6.45, 7) is 30.6. The van der Waals surface area contributed by atoms with E-state index in [1.54, 1.807) is 51.9 Å². The van der Waals surface area contributed by atoms with Crippen LogP contribution in [0.1, 0.15) is 153 Å². The summed E-state index contributed by atoms with van der Waals surface area (Å²) < 4.78 is 9.60. The van der Waals surface area contributed by atoms with Crippen molar-refractivity contribution in [2.45, 2.75) is 154 Å². The van der Waals surface area contributed by atoms with Gasteiger partial charge in [0.2, 0.25) is 0 Å². The molecule has 6 heteroatoms. The van der Waals surface area contributed by atoms with Crippen molar-refractivity contribution < 1.29 is 4.42 Å². The fourth-order valence-electron chi connectivity index (χ4n) is 12.4. The molecule has 2 nitrogen and oxygen atoms in total. The molecule has 6 heterocycles. The molecule has 3 aliphatic carbocycles. The predicted molar refractivity (Wildman–Crippen MR) is 263 cm³/mol. The summed E-state index contributed by atoms with van der Waals surface area (Å²) in [5.41, 5.74) is 18.9. The molecule has 5 aliphatic rings. The molecule has 7 aromatic rings. The number of thiophene rings is 3. The smallest absolute Gasteiger partial charge is 0.273 e. The van der Waals surface area contributed by atoms with Gasteiger partial charge in [-0.05, 0) is 151 Å². The molecule has 0 spiro atoms. The molecule has 60 heavy (non-hydrogen) atoms. The Kier molecular flexibility index (Phi) is 7.44. The highest BCUT2D eigenvalue weighted by molar-refractivity contribution is 7.37. The molecule has 0 N–H and O–H groups in total. The van der Waals surface area contributed by atoms with E-state index in [0.29, 0.717) is 0 Å². The molecule has 0 saturated carbocycles. The summed E-state index contributed by atoms with van der Waals surface area (Å²) in [5.74, 6) is 0. The van der Waals surface area contributed by atoms with Crippen molar-refractivity contribution in [1.82, 2.24) is 0 Å². The fourth-order valence-corrected chi connectivity index (χ4v) is 17.3. The molecule has 0 amide bonds. The minimum Gasteiger partial charge on any atom is -0.456 e. The monoisotopic (exact) mass is 843 g/mol. The molecule has 306 valence electrons. The average molecular weight is 844 g/mol. The van der Waals surface area contributed by atoms with E-state index in [1.807, 2.05) is 11.3 Å². The maximum absolute atomic E-state index is 6.40. The maximum atomic E-state index is 6.40. The molecule has 0 atom stereocenters. The van der Waals surface area contributed by atoms with E-state index in [0.717, 1.165) is 11.2 Å². The first-order valence-electron chi connectivity index (χ1n) is 22.6. The number of benzene rings is 3. The molecule has 2 aliphatic heterocycles. The van der Waals surface area contributed by atoms with Crippen molar-refractivity contribution in [3.8, 4) is 22.3 Å². The van der Waals surface area contributed by atoms with Crippen LogP contribution in [0.4, 0.5) is 17.1 Å². The minimum atomic E-state index is 0.0590. The summed E-state index contributed by atoms with van der Waals surface area (Å²) in [7, 11) is 0. The van der Waals surface area contributed by atoms with Crippen molar-refractivity contribution in [2.75, 3.05) is 4.90 Å². The molecule has 0 radical (unpaired) electrons. The third kappa shape index (κ3) is 4.88. The summed E-state index contributed by atoms with van der Waals surface area (Å²) in [4.78, 5) is 7.72. The van der Waals surface area contributed by atoms with Crippen LogP contribution in [0.25, 0.3) is 44.2 Å². The summed E-state index contributed by atoms with van der Waals surface area (Å²) in [6.07, 6.45) is 7.30. The zero-order chi connectivity index (χ0) is 41.8. The van der Waals surface area contributed by atoms with Crippen molar-refractivity contribution in [1.29, 1.82) is 0 Å². The van der Waals surface area contributed by atoms with E-state index in [-0.39, 0.29) is 39.2 Å². The van der Waals surface area contributed by atoms with Crippen molar-refractivity contribution in [2.24, 2.45) is 0 Å². The second-order valence-electron chi connectivity index (χ2n) is 23.2. The first-order valence-corrected chi connectivity index (χ1v) is 25.1. The number of hydrogen-bond acceptors (Lipinski definition) is 5. The third-order valence-electron chi connectivity index (χ3n) is 16.3. The highest BCUT2D eigenvalue weighted by Gasteiger charge is 2.55. The lowest BCUT2D eigenvalue weighted by Crippen LogP contribution is -2.53. The number of fused-ring (bicyclic) bond motifs is 13. The number of furan rings is 1. The average Bonchev–Trinajstić information content (AvgIpc) is 4.01. The topological polar surface area (TPSA) is 16.4 Å². The van der Waals surface area contributed by atoms with E-state index in [2.05, 4.69) is 171 Å². The van der Waals surface area contributed by atoms with E-state index >= 15 is 0 Å². The molecule has 12 rings (SSSR count). The van der Waals surface area contributed by atoms with Crippen LogP contribution < -0.4 is 19.9 Å². The number of hydrogen-bond donors (Lipinski definition) is 0. The Morgan fingerprint density at radius 2 is 1.12 bits per heavy atom. The first-order chi connectivity index (χ1) is 28.2. The lowest BCUT2D eigenvalue weighted by molar-refractivity contribution is 0.338. The standard InChI is InChI=1S/C54H58BNOS3/c1-49(2)19-22-52(7,8)44-39(49)35(28-58-44)56-34-27-30(29-17-18-37-32(25-29)31-15-13-14-16-36(31)57-37)26-33-38-40-45(53(9,10)23-20-50(40,3)4)59-47(38)55(42(33)34)48-43(56)41-46(60-48)54(11,12)24-21-51(41,5)6/h13-18,25-28H,19-24H2,1-12H3. The molecule has 4 aromatic heterocycles. The van der Waals surface area contributed by atoms with Crippen LogP contribution in [0.15, 0.2) is 64.4 Å². The zero-order valence-corrected chi connectivity index (χ0v) is 40.1. The van der Waals surface area contributed by atoms with Gasteiger partial charge in [-0.1, -0.05) is 107 Å². The van der Waals surface area contributed by atoms with E-state index in [1.165, 1.54) is 83.0 Å². The van der Waals surface area contributed by atoms with E-state index in [9.17, 15) is 0 Å². The van der Waals surface area contributed by atoms with Gasteiger partial charge in [0, 0.05) is 41.2 Å². The van der Waals surface area contributed by atoms with Gasteiger partial charge in [-0.3, -0.25) is 0 Å². The summed E-state index contributed by atoms with van der Waals surface area (Å²) >= 11 is 6.40. The van der Waals surface area contributed by atoms with Gasteiger partial charge in [-0.2, -0.15) is 22.7 Å². The minimum absolute atomic E-state index is 0.0590. The van der Waals surface area contributed by atoms with Gasteiger partial charge in [-0.25, -0.2) is 0 Å². The van der Waals surface area contributed by atoms with Gasteiger partial charge in [-0.15, -0.1) is 11.3 Å². The predicted octanol–water partition coefficient (Wildman–Crippen LogP) is 14.8. The normalized spacial score (nSPS) is 21.7. The Bertz CT molecular complexity index is 3030. The number of nitrogens with zero attached hydrogens (tertiary/aromatic N) is 1. The Morgan fingerprint density at radius 1 is 0.533 bits per heavy atom. The van der Waals surface area contributed by atoms with Crippen LogP contribution in [-0.2, 0) is 32.5 Å². The maximum Gasteiger partial charge on any atom is 0.273 e. The molecule has 0 unspecified atom stereocenters. The number of para-hydroxylation sites is 1. The Hall–Kier alpha value is -3.58. The second-order valence-corrected chi connectivity index (χ2v) is 26.2. The molecule has 0 fully saturated rings. The third-order valence-corrected chi connectivity index (χ3v) is 20.8. The molecular weight excluding hydrogens is 786 g/mol. The van der Waals surface area contributed by atoms with Crippen LogP contribution in [0, 0.1) is 0 Å². The lowest BCUT2D eigenvalue weighted by Gasteiger charge is -2.45. The first kappa shape index (κ1) is 38.1. The largest absolute Gasteiger partial charge is 0.456 e. The quantitative estimate of drug-likeness (QED) is 0.161. The van der Waals surface area contributed by atoms with Gasteiger partial charge < -0.3 is 9.32 Å². The highest BCUT2D eigenvalue weighted by Crippen LogP contribution is 2.61. The molecular formula is C54H58BNOS3. The van der Waals surface area contributed by atoms with Crippen LogP contribution in [0.2, 0.25) is 0 Å². The summed E-state index contributed by atoms with van der Waals surface area (Å²) in [5, 5.41) is 4.96. The Balaban J connectivity index is 1.24. The molecule has 3 aromatic carbocycles.